The van der Waals surface area contributed by atoms with Crippen molar-refractivity contribution >= 4 is 27.0 Å². The third-order valence-corrected chi connectivity index (χ3v) is 6.84. The Bertz CT molecular complexity index is 924. The van der Waals surface area contributed by atoms with Crippen LogP contribution in [0.25, 0.3) is 11.0 Å². The second-order valence-electron chi connectivity index (χ2n) is 7.61. The van der Waals surface area contributed by atoms with Gasteiger partial charge in [-0.2, -0.15) is 4.31 Å². The summed E-state index contributed by atoms with van der Waals surface area (Å²) in [5, 5.41) is 0. The van der Waals surface area contributed by atoms with Gasteiger partial charge in [0.15, 0.2) is 0 Å². The van der Waals surface area contributed by atoms with Crippen LogP contribution in [-0.4, -0.2) is 58.7 Å². The van der Waals surface area contributed by atoms with E-state index < -0.39 is 22.0 Å². The Morgan fingerprint density at radius 3 is 2.69 bits per heavy atom. The minimum Gasteiger partial charge on any atom is -0.465 e. The highest BCUT2D eigenvalue weighted by Crippen LogP contribution is 2.18. The smallest absolute Gasteiger partial charge is 0.324 e. The SMILES string of the molecule is CCOC(=O)[C@H](CC(C)C)N(C)S(=O)(=O)CCCCn1c(C)nc2cnccc21. The molecule has 0 saturated carbocycles. The minimum atomic E-state index is -3.56. The minimum absolute atomic E-state index is 0.00919. The number of aryl methyl sites for hydroxylation is 2. The molecule has 8 nitrogen and oxygen atoms in total. The second kappa shape index (κ2) is 10.2. The van der Waals surface area contributed by atoms with Crippen molar-refractivity contribution in [2.24, 2.45) is 5.92 Å². The van der Waals surface area contributed by atoms with Crippen LogP contribution in [0.5, 0.6) is 0 Å². The number of hydrogen-bond acceptors (Lipinski definition) is 6. The molecular weight excluding hydrogens is 392 g/mol. The van der Waals surface area contributed by atoms with Crippen molar-refractivity contribution in [1.29, 1.82) is 0 Å². The topological polar surface area (TPSA) is 94.4 Å². The molecule has 9 heteroatoms. The first-order chi connectivity index (χ1) is 13.7. The van der Waals surface area contributed by atoms with E-state index in [4.69, 9.17) is 4.74 Å². The Hall–Kier alpha value is -2.00. The lowest BCUT2D eigenvalue weighted by Crippen LogP contribution is -2.45. The van der Waals surface area contributed by atoms with Crippen molar-refractivity contribution in [2.45, 2.75) is 59.5 Å². The van der Waals surface area contributed by atoms with Crippen LogP contribution in [0.3, 0.4) is 0 Å². The third kappa shape index (κ3) is 5.99. The third-order valence-electron chi connectivity index (χ3n) is 4.91. The number of imidazole rings is 1. The summed E-state index contributed by atoms with van der Waals surface area (Å²) in [6.45, 7) is 8.48. The highest BCUT2D eigenvalue weighted by atomic mass is 32.2. The number of ether oxygens (including phenoxy) is 1. The predicted molar refractivity (Wildman–Crippen MR) is 113 cm³/mol. The van der Waals surface area contributed by atoms with Crippen molar-refractivity contribution in [1.82, 2.24) is 18.8 Å². The number of fused-ring (bicyclic) bond motifs is 1. The van der Waals surface area contributed by atoms with Crippen LogP contribution in [0.15, 0.2) is 18.5 Å². The lowest BCUT2D eigenvalue weighted by atomic mass is 10.0. The molecule has 0 saturated heterocycles. The zero-order valence-corrected chi connectivity index (χ0v) is 18.8. The van der Waals surface area contributed by atoms with E-state index in [0.717, 1.165) is 16.9 Å². The van der Waals surface area contributed by atoms with E-state index in [0.29, 0.717) is 25.8 Å². The summed E-state index contributed by atoms with van der Waals surface area (Å²) >= 11 is 0. The molecule has 0 radical (unpaired) electrons. The number of rotatable bonds is 11. The van der Waals surface area contributed by atoms with Gasteiger partial charge in [0, 0.05) is 19.8 Å². The molecule has 1 atom stereocenters. The summed E-state index contributed by atoms with van der Waals surface area (Å²) in [5.41, 5.74) is 1.83. The fourth-order valence-corrected chi connectivity index (χ4v) is 4.77. The fourth-order valence-electron chi connectivity index (χ4n) is 3.35. The van der Waals surface area contributed by atoms with Crippen LogP contribution in [0.2, 0.25) is 0 Å². The molecule has 0 aliphatic heterocycles. The number of pyridine rings is 1. The molecule has 0 fully saturated rings. The number of nitrogens with zero attached hydrogens (tertiary/aromatic N) is 4. The first-order valence-electron chi connectivity index (χ1n) is 10.1. The Balaban J connectivity index is 1.98. The molecule has 0 amide bonds. The van der Waals surface area contributed by atoms with Crippen molar-refractivity contribution in [3.8, 4) is 0 Å². The number of hydrogen-bond donors (Lipinski definition) is 0. The van der Waals surface area contributed by atoms with Gasteiger partial charge in [0.1, 0.15) is 17.4 Å². The Morgan fingerprint density at radius 2 is 2.03 bits per heavy atom. The number of aromatic nitrogens is 3. The van der Waals surface area contributed by atoms with E-state index in [9.17, 15) is 13.2 Å². The molecule has 0 bridgehead atoms. The Morgan fingerprint density at radius 1 is 1.31 bits per heavy atom. The van der Waals surface area contributed by atoms with E-state index in [2.05, 4.69) is 14.5 Å². The molecule has 2 aromatic heterocycles. The molecule has 2 heterocycles. The zero-order chi connectivity index (χ0) is 21.6. The molecule has 0 aliphatic rings. The summed E-state index contributed by atoms with van der Waals surface area (Å²) in [4.78, 5) is 20.8. The van der Waals surface area contributed by atoms with Gasteiger partial charge in [-0.15, -0.1) is 0 Å². The van der Waals surface area contributed by atoms with Crippen molar-refractivity contribution in [3.05, 3.63) is 24.3 Å². The maximum atomic E-state index is 12.8. The Kier molecular flexibility index (Phi) is 8.15. The van der Waals surface area contributed by atoms with Gasteiger partial charge >= 0.3 is 5.97 Å². The van der Waals surface area contributed by atoms with E-state index in [1.54, 1.807) is 19.3 Å². The van der Waals surface area contributed by atoms with Gasteiger partial charge in [-0.3, -0.25) is 9.78 Å². The maximum Gasteiger partial charge on any atom is 0.324 e. The fraction of sp³-hybridized carbons (Fsp3) is 0.650. The van der Waals surface area contributed by atoms with Gasteiger partial charge in [0.25, 0.3) is 0 Å². The molecule has 0 spiro atoms. The van der Waals surface area contributed by atoms with Crippen LogP contribution in [0, 0.1) is 12.8 Å². The average Bonchev–Trinajstić information content (AvgIpc) is 2.98. The first-order valence-corrected chi connectivity index (χ1v) is 11.7. The molecule has 162 valence electrons. The lowest BCUT2D eigenvalue weighted by molar-refractivity contribution is -0.147. The standard InChI is InChI=1S/C20H32N4O4S/c1-6-28-20(25)19(13-15(2)3)23(5)29(26,27)12-8-7-11-24-16(4)22-17-14-21-10-9-18(17)24/h9-10,14-15,19H,6-8,11-13H2,1-5H3/t19-/m0/s1. The number of sulfonamides is 1. The van der Waals surface area contributed by atoms with Crippen LogP contribution < -0.4 is 0 Å². The van der Waals surface area contributed by atoms with Crippen molar-refractivity contribution < 1.29 is 17.9 Å². The van der Waals surface area contributed by atoms with Crippen LogP contribution >= 0.6 is 0 Å². The normalized spacial score (nSPS) is 13.3. The quantitative estimate of drug-likeness (QED) is 0.407. The predicted octanol–water partition coefficient (Wildman–Crippen LogP) is 2.76. The maximum absolute atomic E-state index is 12.8. The van der Waals surface area contributed by atoms with Gasteiger partial charge in [0.05, 0.1) is 24.1 Å². The summed E-state index contributed by atoms with van der Waals surface area (Å²) in [6.07, 6.45) is 5.07. The summed E-state index contributed by atoms with van der Waals surface area (Å²) < 4.78 is 33.9. The number of likely N-dealkylation sites (N-methyl/N-ethyl adjacent to an activating group) is 1. The molecule has 2 aromatic rings. The number of unbranched alkanes of at least 4 members (excludes halogenated alkanes) is 1. The van der Waals surface area contributed by atoms with Gasteiger partial charge in [0.2, 0.25) is 10.0 Å². The number of carbonyl (C=O) groups is 1. The van der Waals surface area contributed by atoms with Crippen LogP contribution in [0.4, 0.5) is 0 Å². The van der Waals surface area contributed by atoms with E-state index in [1.165, 1.54) is 11.4 Å². The molecule has 0 aromatic carbocycles. The molecule has 0 N–H and O–H groups in total. The monoisotopic (exact) mass is 424 g/mol. The highest BCUT2D eigenvalue weighted by Gasteiger charge is 2.32. The highest BCUT2D eigenvalue weighted by molar-refractivity contribution is 7.89. The van der Waals surface area contributed by atoms with Crippen LogP contribution in [0.1, 0.15) is 45.9 Å². The largest absolute Gasteiger partial charge is 0.465 e. The number of carbonyl (C=O) groups excluding carboxylic acids is 1. The van der Waals surface area contributed by atoms with E-state index >= 15 is 0 Å². The molecule has 0 aliphatic carbocycles. The molecular formula is C20H32N4O4S. The van der Waals surface area contributed by atoms with Gasteiger partial charge < -0.3 is 9.30 Å². The molecule has 29 heavy (non-hydrogen) atoms. The Labute approximate surface area is 173 Å². The van der Waals surface area contributed by atoms with Crippen molar-refractivity contribution in [2.75, 3.05) is 19.4 Å². The first kappa shape index (κ1) is 23.3. The van der Waals surface area contributed by atoms with E-state index in [-0.39, 0.29) is 18.3 Å². The zero-order valence-electron chi connectivity index (χ0n) is 18.0. The summed E-state index contributed by atoms with van der Waals surface area (Å²) in [5.74, 6) is 0.563. The summed E-state index contributed by atoms with van der Waals surface area (Å²) in [7, 11) is -2.09. The van der Waals surface area contributed by atoms with Crippen molar-refractivity contribution in [3.63, 3.8) is 0 Å². The molecule has 2 rings (SSSR count). The summed E-state index contributed by atoms with van der Waals surface area (Å²) in [6, 6.07) is 1.13. The van der Waals surface area contributed by atoms with Gasteiger partial charge in [-0.05, 0) is 45.1 Å². The van der Waals surface area contributed by atoms with Gasteiger partial charge in [-0.25, -0.2) is 13.4 Å². The molecule has 0 unspecified atom stereocenters. The van der Waals surface area contributed by atoms with E-state index in [1.807, 2.05) is 26.8 Å². The van der Waals surface area contributed by atoms with Crippen LogP contribution in [-0.2, 0) is 26.1 Å². The van der Waals surface area contributed by atoms with Gasteiger partial charge in [-0.1, -0.05) is 13.8 Å². The number of esters is 1. The lowest BCUT2D eigenvalue weighted by Gasteiger charge is -2.27. The average molecular weight is 425 g/mol. The second-order valence-corrected chi connectivity index (χ2v) is 9.76.